The lowest BCUT2D eigenvalue weighted by Crippen LogP contribution is -2.00. The van der Waals surface area contributed by atoms with Gasteiger partial charge in [-0.25, -0.2) is 0 Å². The van der Waals surface area contributed by atoms with E-state index in [1.807, 2.05) is 0 Å². The highest BCUT2D eigenvalue weighted by molar-refractivity contribution is 8.76. The van der Waals surface area contributed by atoms with Gasteiger partial charge < -0.3 is 10.8 Å². The molecule has 3 nitrogen and oxygen atoms in total. The molecule has 0 fully saturated rings. The smallest absolute Gasteiger partial charge is 0.304 e. The summed E-state index contributed by atoms with van der Waals surface area (Å²) in [7, 11) is 3.19. The third-order valence-corrected chi connectivity index (χ3v) is 3.12. The van der Waals surface area contributed by atoms with Crippen LogP contribution in [0.5, 0.6) is 0 Å². The minimum Gasteiger partial charge on any atom is -0.481 e. The van der Waals surface area contributed by atoms with Crippen LogP contribution in [0.4, 0.5) is 0 Å². The number of rotatable bonds is 6. The van der Waals surface area contributed by atoms with Crippen molar-refractivity contribution in [1.29, 1.82) is 0 Å². The summed E-state index contributed by atoms with van der Waals surface area (Å²) in [6, 6.07) is 0. The molecule has 0 atom stereocenters. The number of hydrogen-bond acceptors (Lipinski definition) is 4. The normalized spacial score (nSPS) is 9.70. The maximum absolute atomic E-state index is 9.98. The van der Waals surface area contributed by atoms with E-state index in [4.69, 9.17) is 10.8 Å². The summed E-state index contributed by atoms with van der Waals surface area (Å²) in [5.41, 5.74) is 5.22. The molecule has 0 unspecified atom stereocenters. The first kappa shape index (κ1) is 10.1. The molecule has 0 aromatic carbocycles. The van der Waals surface area contributed by atoms with Crippen molar-refractivity contribution in [3.63, 3.8) is 0 Å². The van der Waals surface area contributed by atoms with Crippen molar-refractivity contribution in [2.45, 2.75) is 6.42 Å². The summed E-state index contributed by atoms with van der Waals surface area (Å²) in [4.78, 5) is 9.98. The second kappa shape index (κ2) is 7.24. The van der Waals surface area contributed by atoms with E-state index in [0.29, 0.717) is 12.3 Å². The zero-order valence-corrected chi connectivity index (χ0v) is 7.21. The largest absolute Gasteiger partial charge is 0.481 e. The fourth-order valence-electron chi connectivity index (χ4n) is 0.295. The standard InChI is InChI=1S/C5H11NO2S2/c6-2-4-10-9-3-1-5(7)8/h1-4,6H2,(H,7,8). The third-order valence-electron chi connectivity index (χ3n) is 0.684. The average molecular weight is 181 g/mol. The number of carbonyl (C=O) groups is 1. The molecule has 0 saturated heterocycles. The van der Waals surface area contributed by atoms with Gasteiger partial charge in [-0.15, -0.1) is 0 Å². The summed E-state index contributed by atoms with van der Waals surface area (Å²) in [5, 5.41) is 8.22. The number of carboxylic acid groups (broad SMARTS) is 1. The van der Waals surface area contributed by atoms with E-state index in [1.165, 1.54) is 0 Å². The second-order valence-corrected chi connectivity index (χ2v) is 4.28. The summed E-state index contributed by atoms with van der Waals surface area (Å²) in [5.74, 6) is 0.824. The Kier molecular flexibility index (Phi) is 7.33. The highest BCUT2D eigenvalue weighted by Crippen LogP contribution is 2.20. The van der Waals surface area contributed by atoms with Gasteiger partial charge >= 0.3 is 5.97 Å². The summed E-state index contributed by atoms with van der Waals surface area (Å²) >= 11 is 0. The predicted molar refractivity (Wildman–Crippen MR) is 46.2 cm³/mol. The highest BCUT2D eigenvalue weighted by Gasteiger charge is 1.95. The first-order valence-electron chi connectivity index (χ1n) is 2.93. The molecule has 0 aromatic heterocycles. The van der Waals surface area contributed by atoms with Crippen molar-refractivity contribution in [1.82, 2.24) is 0 Å². The molecule has 0 aliphatic rings. The van der Waals surface area contributed by atoms with Crippen LogP contribution in [0, 0.1) is 0 Å². The zero-order chi connectivity index (χ0) is 7.82. The van der Waals surface area contributed by atoms with Crippen molar-refractivity contribution < 1.29 is 9.90 Å². The van der Waals surface area contributed by atoms with Crippen molar-refractivity contribution in [2.24, 2.45) is 5.73 Å². The molecule has 3 N–H and O–H groups in total. The van der Waals surface area contributed by atoms with Gasteiger partial charge in [0, 0.05) is 18.1 Å². The van der Waals surface area contributed by atoms with Gasteiger partial charge in [0.25, 0.3) is 0 Å². The van der Waals surface area contributed by atoms with Gasteiger partial charge in [-0.1, -0.05) is 21.6 Å². The van der Waals surface area contributed by atoms with E-state index in [-0.39, 0.29) is 6.42 Å². The Morgan fingerprint density at radius 1 is 1.40 bits per heavy atom. The van der Waals surface area contributed by atoms with Crippen LogP contribution in [0.3, 0.4) is 0 Å². The predicted octanol–water partition coefficient (Wildman–Crippen LogP) is 0.801. The molecule has 10 heavy (non-hydrogen) atoms. The summed E-state index contributed by atoms with van der Waals surface area (Å²) in [6.45, 7) is 0.657. The molecular weight excluding hydrogens is 170 g/mol. The minimum absolute atomic E-state index is 0.238. The van der Waals surface area contributed by atoms with Gasteiger partial charge in [-0.3, -0.25) is 4.79 Å². The number of hydrogen-bond donors (Lipinski definition) is 2. The molecule has 0 saturated carbocycles. The first-order chi connectivity index (χ1) is 4.77. The lowest BCUT2D eigenvalue weighted by Gasteiger charge is -1.95. The number of carboxylic acids is 1. The van der Waals surface area contributed by atoms with Crippen molar-refractivity contribution >= 4 is 27.6 Å². The van der Waals surface area contributed by atoms with Crippen LogP contribution in [-0.4, -0.2) is 29.1 Å². The van der Waals surface area contributed by atoms with Crippen LogP contribution < -0.4 is 5.73 Å². The van der Waals surface area contributed by atoms with E-state index in [1.54, 1.807) is 21.6 Å². The van der Waals surface area contributed by atoms with Crippen molar-refractivity contribution in [2.75, 3.05) is 18.1 Å². The minimum atomic E-state index is -0.735. The molecule has 0 rings (SSSR count). The molecule has 0 aliphatic carbocycles. The maximum Gasteiger partial charge on any atom is 0.304 e. The van der Waals surface area contributed by atoms with E-state index in [9.17, 15) is 4.79 Å². The molecule has 0 bridgehead atoms. The Hall–Kier alpha value is 0.130. The molecule has 60 valence electrons. The van der Waals surface area contributed by atoms with Crippen LogP contribution in [-0.2, 0) is 4.79 Å². The van der Waals surface area contributed by atoms with Crippen molar-refractivity contribution in [3.05, 3.63) is 0 Å². The third kappa shape index (κ3) is 8.13. The highest BCUT2D eigenvalue weighted by atomic mass is 33.1. The second-order valence-electron chi connectivity index (χ2n) is 1.58. The Morgan fingerprint density at radius 3 is 2.50 bits per heavy atom. The Labute approximate surface area is 68.1 Å². The van der Waals surface area contributed by atoms with E-state index >= 15 is 0 Å². The van der Waals surface area contributed by atoms with Crippen LogP contribution >= 0.6 is 21.6 Å². The Morgan fingerprint density at radius 2 is 2.00 bits per heavy atom. The fourth-order valence-corrected chi connectivity index (χ4v) is 2.13. The maximum atomic E-state index is 9.98. The zero-order valence-electron chi connectivity index (χ0n) is 5.58. The summed E-state index contributed by atoms with van der Waals surface area (Å²) < 4.78 is 0. The molecule has 5 heteroatoms. The van der Waals surface area contributed by atoms with Crippen LogP contribution in [0.25, 0.3) is 0 Å². The van der Waals surface area contributed by atoms with Crippen molar-refractivity contribution in [3.8, 4) is 0 Å². The average Bonchev–Trinajstić information content (AvgIpc) is 1.87. The quantitative estimate of drug-likeness (QED) is 0.469. The van der Waals surface area contributed by atoms with Gasteiger partial charge in [-0.05, 0) is 0 Å². The molecule has 0 radical (unpaired) electrons. The monoisotopic (exact) mass is 181 g/mol. The Balaban J connectivity index is 2.84. The van der Waals surface area contributed by atoms with Gasteiger partial charge in [0.1, 0.15) is 0 Å². The molecule has 0 spiro atoms. The van der Waals surface area contributed by atoms with Gasteiger partial charge in [0.15, 0.2) is 0 Å². The summed E-state index contributed by atoms with van der Waals surface area (Å²) in [6.07, 6.45) is 0.238. The van der Waals surface area contributed by atoms with Crippen LogP contribution in [0.2, 0.25) is 0 Å². The fraction of sp³-hybridized carbons (Fsp3) is 0.800. The number of aliphatic carboxylic acids is 1. The molecule has 0 amide bonds. The molecule has 0 aliphatic heterocycles. The lowest BCUT2D eigenvalue weighted by atomic mass is 10.5. The molecule has 0 aromatic rings. The first-order valence-corrected chi connectivity index (χ1v) is 5.42. The van der Waals surface area contributed by atoms with Crippen LogP contribution in [0.1, 0.15) is 6.42 Å². The van der Waals surface area contributed by atoms with Gasteiger partial charge in [-0.2, -0.15) is 0 Å². The van der Waals surface area contributed by atoms with Gasteiger partial charge in [0.2, 0.25) is 0 Å². The molecular formula is C5H11NO2S2. The number of nitrogens with two attached hydrogens (primary N) is 1. The van der Waals surface area contributed by atoms with E-state index in [0.717, 1.165) is 5.75 Å². The Bertz CT molecular complexity index is 99.6. The SMILES string of the molecule is NCCSSCCC(=O)O. The lowest BCUT2D eigenvalue weighted by molar-refractivity contribution is -0.136. The topological polar surface area (TPSA) is 63.3 Å². The molecule has 0 heterocycles. The van der Waals surface area contributed by atoms with E-state index < -0.39 is 5.97 Å². The van der Waals surface area contributed by atoms with Gasteiger partial charge in [0.05, 0.1) is 6.42 Å². The van der Waals surface area contributed by atoms with Crippen LogP contribution in [0.15, 0.2) is 0 Å². The van der Waals surface area contributed by atoms with E-state index in [2.05, 4.69) is 0 Å².